The van der Waals surface area contributed by atoms with Gasteiger partial charge in [-0.15, -0.1) is 0 Å². The average molecular weight is 285 g/mol. The van der Waals surface area contributed by atoms with E-state index >= 15 is 0 Å². The summed E-state index contributed by atoms with van der Waals surface area (Å²) in [5.74, 6) is -0.326. The number of rotatable bonds is 4. The normalized spacial score (nSPS) is 13.1. The zero-order valence-electron chi connectivity index (χ0n) is 11.5. The maximum atomic E-state index is 11.9. The minimum Gasteiger partial charge on any atom is -0.398 e. The average Bonchev–Trinajstić information content (AvgIpc) is 2.27. The molecule has 0 saturated heterocycles. The van der Waals surface area contributed by atoms with Gasteiger partial charge in [0, 0.05) is 17.3 Å². The SMILES string of the molecule is CC(C)(C)CC(O)CNC(=O)c1cc(Cl)ccc1N. The van der Waals surface area contributed by atoms with E-state index in [2.05, 4.69) is 5.32 Å². The summed E-state index contributed by atoms with van der Waals surface area (Å²) in [4.78, 5) is 11.9. The maximum absolute atomic E-state index is 11.9. The molecule has 0 fully saturated rings. The number of halogens is 1. The van der Waals surface area contributed by atoms with Crippen molar-refractivity contribution in [2.45, 2.75) is 33.3 Å². The van der Waals surface area contributed by atoms with E-state index in [9.17, 15) is 9.90 Å². The van der Waals surface area contributed by atoms with Crippen molar-refractivity contribution in [2.24, 2.45) is 5.41 Å². The van der Waals surface area contributed by atoms with Gasteiger partial charge in [0.2, 0.25) is 0 Å². The Morgan fingerprint density at radius 2 is 2.11 bits per heavy atom. The van der Waals surface area contributed by atoms with Crippen LogP contribution in [0.2, 0.25) is 5.02 Å². The van der Waals surface area contributed by atoms with Crippen LogP contribution in [0.15, 0.2) is 18.2 Å². The van der Waals surface area contributed by atoms with Gasteiger partial charge in [0.05, 0.1) is 11.7 Å². The predicted octanol–water partition coefficient (Wildman–Crippen LogP) is 2.45. The van der Waals surface area contributed by atoms with E-state index in [1.807, 2.05) is 20.8 Å². The number of nitrogen functional groups attached to an aromatic ring is 1. The standard InChI is InChI=1S/C14H21ClN2O2/c1-14(2,3)7-10(18)8-17-13(19)11-6-9(15)4-5-12(11)16/h4-6,10,18H,7-8,16H2,1-3H3,(H,17,19). The molecule has 0 aliphatic heterocycles. The number of nitrogens with two attached hydrogens (primary N) is 1. The van der Waals surface area contributed by atoms with Crippen molar-refractivity contribution in [3.63, 3.8) is 0 Å². The summed E-state index contributed by atoms with van der Waals surface area (Å²) in [6.07, 6.45) is 0.0301. The highest BCUT2D eigenvalue weighted by molar-refractivity contribution is 6.31. The summed E-state index contributed by atoms with van der Waals surface area (Å²) in [5, 5.41) is 12.9. The van der Waals surface area contributed by atoms with Crippen LogP contribution >= 0.6 is 11.6 Å². The van der Waals surface area contributed by atoms with Crippen LogP contribution in [-0.4, -0.2) is 23.7 Å². The van der Waals surface area contributed by atoms with Gasteiger partial charge in [-0.2, -0.15) is 0 Å². The lowest BCUT2D eigenvalue weighted by Gasteiger charge is -2.22. The Labute approximate surface area is 118 Å². The van der Waals surface area contributed by atoms with Crippen molar-refractivity contribution in [2.75, 3.05) is 12.3 Å². The second-order valence-electron chi connectivity index (χ2n) is 5.86. The van der Waals surface area contributed by atoms with Crippen LogP contribution in [0.25, 0.3) is 0 Å². The number of amides is 1. The number of hydrogen-bond donors (Lipinski definition) is 3. The number of anilines is 1. The third-order valence-electron chi connectivity index (χ3n) is 2.61. The van der Waals surface area contributed by atoms with Gasteiger partial charge in [0.15, 0.2) is 0 Å². The molecule has 0 aliphatic carbocycles. The molecule has 1 amide bonds. The van der Waals surface area contributed by atoms with Crippen molar-refractivity contribution in [1.82, 2.24) is 5.32 Å². The zero-order valence-corrected chi connectivity index (χ0v) is 12.3. The quantitative estimate of drug-likeness (QED) is 0.744. The first-order valence-corrected chi connectivity index (χ1v) is 6.58. The fraction of sp³-hybridized carbons (Fsp3) is 0.500. The predicted molar refractivity (Wildman–Crippen MR) is 78.3 cm³/mol. The molecule has 4 nitrogen and oxygen atoms in total. The Morgan fingerprint density at radius 3 is 2.68 bits per heavy atom. The molecule has 1 unspecified atom stereocenters. The maximum Gasteiger partial charge on any atom is 0.253 e. The third-order valence-corrected chi connectivity index (χ3v) is 2.84. The Kier molecular flexibility index (Phi) is 5.20. The molecule has 0 radical (unpaired) electrons. The number of carbonyl (C=O) groups excluding carboxylic acids is 1. The fourth-order valence-electron chi connectivity index (χ4n) is 1.81. The van der Waals surface area contributed by atoms with Gasteiger partial charge >= 0.3 is 0 Å². The second kappa shape index (κ2) is 6.26. The highest BCUT2D eigenvalue weighted by Gasteiger charge is 2.18. The molecule has 0 spiro atoms. The number of aliphatic hydroxyl groups is 1. The van der Waals surface area contributed by atoms with E-state index in [1.165, 1.54) is 6.07 Å². The minimum atomic E-state index is -0.579. The molecule has 0 aromatic heterocycles. The molecule has 1 aromatic rings. The summed E-state index contributed by atoms with van der Waals surface area (Å²) in [5.41, 5.74) is 6.43. The van der Waals surface area contributed by atoms with E-state index in [-0.39, 0.29) is 17.9 Å². The fourth-order valence-corrected chi connectivity index (χ4v) is 1.98. The van der Waals surface area contributed by atoms with Gasteiger partial charge in [-0.05, 0) is 30.0 Å². The molecule has 0 saturated carbocycles. The van der Waals surface area contributed by atoms with E-state index in [1.54, 1.807) is 12.1 Å². The first kappa shape index (κ1) is 15.8. The van der Waals surface area contributed by atoms with Crippen LogP contribution < -0.4 is 11.1 Å². The number of hydrogen-bond acceptors (Lipinski definition) is 3. The molecule has 0 heterocycles. The van der Waals surface area contributed by atoms with Crippen molar-refractivity contribution < 1.29 is 9.90 Å². The van der Waals surface area contributed by atoms with Crippen LogP contribution in [0.4, 0.5) is 5.69 Å². The lowest BCUT2D eigenvalue weighted by Crippen LogP contribution is -2.34. The van der Waals surface area contributed by atoms with Crippen molar-refractivity contribution >= 4 is 23.2 Å². The lowest BCUT2D eigenvalue weighted by molar-refractivity contribution is 0.0869. The van der Waals surface area contributed by atoms with Gasteiger partial charge in [-0.1, -0.05) is 32.4 Å². The molecule has 0 bridgehead atoms. The Balaban J connectivity index is 2.58. The molecular weight excluding hydrogens is 264 g/mol. The van der Waals surface area contributed by atoms with E-state index < -0.39 is 6.10 Å². The summed E-state index contributed by atoms with van der Waals surface area (Å²) >= 11 is 5.83. The molecular formula is C14H21ClN2O2. The summed E-state index contributed by atoms with van der Waals surface area (Å²) < 4.78 is 0. The highest BCUT2D eigenvalue weighted by atomic mass is 35.5. The lowest BCUT2D eigenvalue weighted by atomic mass is 9.89. The topological polar surface area (TPSA) is 75.3 Å². The van der Waals surface area contributed by atoms with Crippen molar-refractivity contribution in [1.29, 1.82) is 0 Å². The summed E-state index contributed by atoms with van der Waals surface area (Å²) in [7, 11) is 0. The van der Waals surface area contributed by atoms with E-state index in [0.29, 0.717) is 22.7 Å². The Morgan fingerprint density at radius 1 is 1.47 bits per heavy atom. The first-order chi connectivity index (χ1) is 8.69. The number of nitrogens with one attached hydrogen (secondary N) is 1. The molecule has 106 valence electrons. The van der Waals surface area contributed by atoms with Crippen molar-refractivity contribution in [3.8, 4) is 0 Å². The number of carbonyl (C=O) groups is 1. The molecule has 4 N–H and O–H groups in total. The Bertz CT molecular complexity index is 455. The zero-order chi connectivity index (χ0) is 14.6. The van der Waals surface area contributed by atoms with Gasteiger partial charge in [0.25, 0.3) is 5.91 Å². The van der Waals surface area contributed by atoms with E-state index in [0.717, 1.165) is 0 Å². The smallest absolute Gasteiger partial charge is 0.253 e. The van der Waals surface area contributed by atoms with Crippen LogP contribution in [0.3, 0.4) is 0 Å². The Hall–Kier alpha value is -1.26. The van der Waals surface area contributed by atoms with Gasteiger partial charge in [0.1, 0.15) is 0 Å². The molecule has 19 heavy (non-hydrogen) atoms. The minimum absolute atomic E-state index is 0.0131. The summed E-state index contributed by atoms with van der Waals surface area (Å²) in [6, 6.07) is 4.73. The largest absolute Gasteiger partial charge is 0.398 e. The monoisotopic (exact) mass is 284 g/mol. The molecule has 5 heteroatoms. The second-order valence-corrected chi connectivity index (χ2v) is 6.30. The van der Waals surface area contributed by atoms with Gasteiger partial charge < -0.3 is 16.2 Å². The van der Waals surface area contributed by atoms with E-state index in [4.69, 9.17) is 17.3 Å². The molecule has 0 aliphatic rings. The van der Waals surface area contributed by atoms with Gasteiger partial charge in [-0.3, -0.25) is 4.79 Å². The number of aliphatic hydroxyl groups excluding tert-OH is 1. The third kappa shape index (κ3) is 5.49. The van der Waals surface area contributed by atoms with Crippen LogP contribution in [0.1, 0.15) is 37.6 Å². The molecule has 1 rings (SSSR count). The van der Waals surface area contributed by atoms with Crippen LogP contribution in [0.5, 0.6) is 0 Å². The first-order valence-electron chi connectivity index (χ1n) is 6.20. The van der Waals surface area contributed by atoms with Crippen molar-refractivity contribution in [3.05, 3.63) is 28.8 Å². The highest BCUT2D eigenvalue weighted by Crippen LogP contribution is 2.21. The number of benzene rings is 1. The van der Waals surface area contributed by atoms with Crippen LogP contribution in [-0.2, 0) is 0 Å². The summed E-state index contributed by atoms with van der Waals surface area (Å²) in [6.45, 7) is 6.30. The van der Waals surface area contributed by atoms with Crippen LogP contribution in [0, 0.1) is 5.41 Å². The molecule has 1 aromatic carbocycles. The molecule has 1 atom stereocenters. The van der Waals surface area contributed by atoms with Gasteiger partial charge in [-0.25, -0.2) is 0 Å².